The van der Waals surface area contributed by atoms with E-state index in [1.807, 2.05) is 17.5 Å². The topological polar surface area (TPSA) is 23.8 Å². The number of hydrogen-bond acceptors (Lipinski definition) is 2. The van der Waals surface area contributed by atoms with Gasteiger partial charge >= 0.3 is 0 Å². The van der Waals surface area contributed by atoms with Gasteiger partial charge in [-0.2, -0.15) is 5.26 Å². The van der Waals surface area contributed by atoms with Gasteiger partial charge in [0.05, 0.1) is 12.5 Å². The largest absolute Gasteiger partial charge is 0.198 e. The van der Waals surface area contributed by atoms with Crippen molar-refractivity contribution >= 4 is 49.0 Å². The molecule has 14 heavy (non-hydrogen) atoms. The minimum absolute atomic E-state index is 0.407. The first-order chi connectivity index (χ1) is 6.72. The molecule has 1 heterocycles. The molecule has 70 valence electrons. The highest BCUT2D eigenvalue weighted by Gasteiger charge is 2.07. The number of nitrogens with zero attached hydrogens (tertiary/aromatic N) is 1. The predicted molar refractivity (Wildman–Crippen MR) is 63.9 cm³/mol. The predicted octanol–water partition coefficient (Wildman–Crippen LogP) is 4.38. The number of benzene rings is 1. The van der Waals surface area contributed by atoms with Crippen molar-refractivity contribution in [2.45, 2.75) is 6.42 Å². The van der Waals surface area contributed by atoms with Crippen molar-refractivity contribution in [3.05, 3.63) is 32.6 Å². The molecule has 2 rings (SSSR count). The average Bonchev–Trinajstić information content (AvgIpc) is 2.49. The molecule has 0 N–H and O–H groups in total. The van der Waals surface area contributed by atoms with E-state index in [1.54, 1.807) is 11.3 Å². The highest BCUT2D eigenvalue weighted by atomic mass is 79.9. The Bertz CT molecular complexity index is 527. The molecule has 0 unspecified atom stereocenters. The first kappa shape index (κ1) is 9.97. The van der Waals surface area contributed by atoms with E-state index in [9.17, 15) is 0 Å². The summed E-state index contributed by atoms with van der Waals surface area (Å²) in [5.41, 5.74) is 1.01. The van der Waals surface area contributed by atoms with Crippen LogP contribution in [-0.4, -0.2) is 0 Å². The van der Waals surface area contributed by atoms with Crippen molar-refractivity contribution in [1.29, 1.82) is 5.26 Å². The fraction of sp³-hybridized carbons (Fsp3) is 0.100. The first-order valence-electron chi connectivity index (χ1n) is 3.94. The molecule has 0 spiro atoms. The van der Waals surface area contributed by atoms with Gasteiger partial charge in [-0.1, -0.05) is 11.6 Å². The lowest BCUT2D eigenvalue weighted by Gasteiger charge is -1.99. The van der Waals surface area contributed by atoms with Crippen LogP contribution in [0.5, 0.6) is 0 Å². The van der Waals surface area contributed by atoms with Crippen LogP contribution in [0.15, 0.2) is 22.0 Å². The Labute approximate surface area is 99.0 Å². The second-order valence-electron chi connectivity index (χ2n) is 2.86. The summed E-state index contributed by atoms with van der Waals surface area (Å²) < 4.78 is 2.18. The summed E-state index contributed by atoms with van der Waals surface area (Å²) >= 11 is 11.1. The molecular formula is C10H5BrClNS. The molecule has 0 amide bonds. The third kappa shape index (κ3) is 1.66. The molecule has 0 saturated heterocycles. The smallest absolute Gasteiger partial charge is 0.0670 e. The second kappa shape index (κ2) is 3.90. The molecule has 0 saturated carbocycles. The van der Waals surface area contributed by atoms with Crippen LogP contribution in [0.25, 0.3) is 10.1 Å². The molecule has 1 aromatic heterocycles. The van der Waals surface area contributed by atoms with Gasteiger partial charge in [0.15, 0.2) is 0 Å². The van der Waals surface area contributed by atoms with E-state index in [0.29, 0.717) is 11.4 Å². The monoisotopic (exact) mass is 285 g/mol. The van der Waals surface area contributed by atoms with E-state index >= 15 is 0 Å². The molecule has 4 heteroatoms. The van der Waals surface area contributed by atoms with Gasteiger partial charge in [-0.15, -0.1) is 11.3 Å². The van der Waals surface area contributed by atoms with E-state index in [1.165, 1.54) is 0 Å². The van der Waals surface area contributed by atoms with Gasteiger partial charge in [-0.05, 0) is 33.6 Å². The van der Waals surface area contributed by atoms with Crippen LogP contribution >= 0.6 is 38.9 Å². The molecule has 1 nitrogen and oxygen atoms in total. The van der Waals surface area contributed by atoms with Crippen LogP contribution < -0.4 is 0 Å². The fourth-order valence-electron chi connectivity index (χ4n) is 1.36. The molecule has 0 aliphatic heterocycles. The summed E-state index contributed by atoms with van der Waals surface area (Å²) in [6.45, 7) is 0. The molecule has 0 radical (unpaired) electrons. The molecular weight excluding hydrogens is 282 g/mol. The minimum atomic E-state index is 0.407. The maximum atomic E-state index is 8.68. The van der Waals surface area contributed by atoms with Gasteiger partial charge in [-0.3, -0.25) is 0 Å². The Balaban J connectivity index is 2.76. The van der Waals surface area contributed by atoms with Gasteiger partial charge in [0.1, 0.15) is 0 Å². The van der Waals surface area contributed by atoms with Gasteiger partial charge in [0.2, 0.25) is 0 Å². The molecule has 2 aromatic rings. The highest BCUT2D eigenvalue weighted by molar-refractivity contribution is 9.10. The van der Waals surface area contributed by atoms with E-state index in [4.69, 9.17) is 16.9 Å². The lowest BCUT2D eigenvalue weighted by Crippen LogP contribution is -1.81. The Kier molecular flexibility index (Phi) is 2.78. The standard InChI is InChI=1S/C10H5BrClNS/c11-9-5-14-10-6(1-2-13)3-7(12)4-8(9)10/h3-5H,1H2. The van der Waals surface area contributed by atoms with Crippen molar-refractivity contribution in [2.24, 2.45) is 0 Å². The Morgan fingerprint density at radius 3 is 3.00 bits per heavy atom. The Morgan fingerprint density at radius 1 is 1.50 bits per heavy atom. The summed E-state index contributed by atoms with van der Waals surface area (Å²) in [5.74, 6) is 0. The SMILES string of the molecule is N#CCc1cc(Cl)cc2c(Br)csc12. The molecule has 0 atom stereocenters. The summed E-state index contributed by atoms with van der Waals surface area (Å²) in [7, 11) is 0. The van der Waals surface area contributed by atoms with Crippen LogP contribution in [0.4, 0.5) is 0 Å². The number of hydrogen-bond donors (Lipinski definition) is 0. The lowest BCUT2D eigenvalue weighted by atomic mass is 10.1. The van der Waals surface area contributed by atoms with Crippen molar-refractivity contribution in [3.8, 4) is 6.07 Å². The van der Waals surface area contributed by atoms with Crippen molar-refractivity contribution in [3.63, 3.8) is 0 Å². The van der Waals surface area contributed by atoms with Crippen LogP contribution in [0, 0.1) is 11.3 Å². The van der Waals surface area contributed by atoms with E-state index < -0.39 is 0 Å². The van der Waals surface area contributed by atoms with Gasteiger partial charge < -0.3 is 0 Å². The maximum Gasteiger partial charge on any atom is 0.0670 e. The summed E-state index contributed by atoms with van der Waals surface area (Å²) in [6.07, 6.45) is 0.407. The van der Waals surface area contributed by atoms with Gasteiger partial charge in [0, 0.05) is 25.0 Å². The van der Waals surface area contributed by atoms with Crippen LogP contribution in [-0.2, 0) is 6.42 Å². The molecule has 1 aromatic carbocycles. The molecule has 0 aliphatic rings. The number of thiophene rings is 1. The Morgan fingerprint density at radius 2 is 2.29 bits per heavy atom. The lowest BCUT2D eigenvalue weighted by molar-refractivity contribution is 1.29. The summed E-state index contributed by atoms with van der Waals surface area (Å²) in [6, 6.07) is 5.92. The van der Waals surface area contributed by atoms with Gasteiger partial charge in [0.25, 0.3) is 0 Å². The van der Waals surface area contributed by atoms with Crippen molar-refractivity contribution < 1.29 is 0 Å². The fourth-order valence-corrected chi connectivity index (χ4v) is 3.25. The zero-order valence-electron chi connectivity index (χ0n) is 7.05. The first-order valence-corrected chi connectivity index (χ1v) is 5.99. The molecule has 0 bridgehead atoms. The van der Waals surface area contributed by atoms with E-state index in [2.05, 4.69) is 22.0 Å². The number of nitriles is 1. The summed E-state index contributed by atoms with van der Waals surface area (Å²) in [5, 5.41) is 12.5. The van der Waals surface area contributed by atoms with Crippen LogP contribution in [0.1, 0.15) is 5.56 Å². The highest BCUT2D eigenvalue weighted by Crippen LogP contribution is 2.35. The van der Waals surface area contributed by atoms with E-state index in [-0.39, 0.29) is 0 Å². The second-order valence-corrected chi connectivity index (χ2v) is 5.03. The number of rotatable bonds is 1. The summed E-state index contributed by atoms with van der Waals surface area (Å²) in [4.78, 5) is 0. The maximum absolute atomic E-state index is 8.68. The third-order valence-corrected chi connectivity index (χ3v) is 4.19. The third-order valence-electron chi connectivity index (χ3n) is 1.94. The normalized spacial score (nSPS) is 10.4. The average molecular weight is 287 g/mol. The quantitative estimate of drug-likeness (QED) is 0.763. The van der Waals surface area contributed by atoms with Crippen molar-refractivity contribution in [1.82, 2.24) is 0 Å². The molecule has 0 aliphatic carbocycles. The van der Waals surface area contributed by atoms with Gasteiger partial charge in [-0.25, -0.2) is 0 Å². The van der Waals surface area contributed by atoms with Crippen LogP contribution in [0.2, 0.25) is 5.02 Å². The Hall–Kier alpha value is -0.560. The minimum Gasteiger partial charge on any atom is -0.198 e. The van der Waals surface area contributed by atoms with Crippen molar-refractivity contribution in [2.75, 3.05) is 0 Å². The van der Waals surface area contributed by atoms with E-state index in [0.717, 1.165) is 20.1 Å². The zero-order valence-corrected chi connectivity index (χ0v) is 10.2. The molecule has 0 fully saturated rings. The zero-order chi connectivity index (χ0) is 10.1. The van der Waals surface area contributed by atoms with Crippen LogP contribution in [0.3, 0.4) is 0 Å². The number of halogens is 2. The number of fused-ring (bicyclic) bond motifs is 1.